The van der Waals surface area contributed by atoms with Crippen molar-refractivity contribution in [2.75, 3.05) is 19.0 Å². The van der Waals surface area contributed by atoms with Gasteiger partial charge in [0.25, 0.3) is 0 Å². The summed E-state index contributed by atoms with van der Waals surface area (Å²) in [5, 5.41) is 2.17. The van der Waals surface area contributed by atoms with Gasteiger partial charge in [0.15, 0.2) is 0 Å². The highest BCUT2D eigenvalue weighted by Crippen LogP contribution is 2.24. The SMILES string of the molecule is CCOCCSc1nc(C)nc2ccccc12. The van der Waals surface area contributed by atoms with Gasteiger partial charge in [-0.25, -0.2) is 9.97 Å². The van der Waals surface area contributed by atoms with Crippen LogP contribution in [0.25, 0.3) is 10.9 Å². The predicted octanol–water partition coefficient (Wildman–Crippen LogP) is 3.07. The number of thioether (sulfide) groups is 1. The molecule has 0 aliphatic carbocycles. The Bertz CT molecular complexity index is 502. The lowest BCUT2D eigenvalue weighted by atomic mass is 10.2. The van der Waals surface area contributed by atoms with E-state index in [1.807, 2.05) is 32.0 Å². The van der Waals surface area contributed by atoms with Crippen LogP contribution in [0.4, 0.5) is 0 Å². The molecule has 2 aromatic rings. The Kier molecular flexibility index (Phi) is 4.34. The maximum atomic E-state index is 5.33. The fraction of sp³-hybridized carbons (Fsp3) is 0.385. The van der Waals surface area contributed by atoms with Crippen molar-refractivity contribution in [2.45, 2.75) is 18.9 Å². The Morgan fingerprint density at radius 2 is 2.06 bits per heavy atom. The number of aryl methyl sites for hydroxylation is 1. The van der Waals surface area contributed by atoms with Crippen LogP contribution in [-0.4, -0.2) is 28.9 Å². The van der Waals surface area contributed by atoms with E-state index in [1.54, 1.807) is 11.8 Å². The molecule has 0 aliphatic rings. The van der Waals surface area contributed by atoms with Gasteiger partial charge >= 0.3 is 0 Å². The van der Waals surface area contributed by atoms with Gasteiger partial charge in [0, 0.05) is 17.7 Å². The Morgan fingerprint density at radius 1 is 1.24 bits per heavy atom. The van der Waals surface area contributed by atoms with Crippen LogP contribution in [-0.2, 0) is 4.74 Å². The molecule has 0 bridgehead atoms. The number of hydrogen-bond donors (Lipinski definition) is 0. The molecule has 0 saturated heterocycles. The Labute approximate surface area is 106 Å². The molecule has 2 rings (SSSR count). The summed E-state index contributed by atoms with van der Waals surface area (Å²) < 4.78 is 5.33. The monoisotopic (exact) mass is 248 g/mol. The normalized spacial score (nSPS) is 10.9. The molecule has 0 atom stereocenters. The number of hydrogen-bond acceptors (Lipinski definition) is 4. The maximum Gasteiger partial charge on any atom is 0.127 e. The van der Waals surface area contributed by atoms with Gasteiger partial charge in [-0.1, -0.05) is 18.2 Å². The highest BCUT2D eigenvalue weighted by molar-refractivity contribution is 7.99. The minimum Gasteiger partial charge on any atom is -0.381 e. The van der Waals surface area contributed by atoms with E-state index in [-0.39, 0.29) is 0 Å². The molecule has 0 amide bonds. The minimum absolute atomic E-state index is 0.762. The second-order valence-corrected chi connectivity index (χ2v) is 4.72. The number of fused-ring (bicyclic) bond motifs is 1. The molecule has 0 N–H and O–H groups in total. The first kappa shape index (κ1) is 12.3. The van der Waals surface area contributed by atoms with E-state index >= 15 is 0 Å². The van der Waals surface area contributed by atoms with Crippen LogP contribution < -0.4 is 0 Å². The summed E-state index contributed by atoms with van der Waals surface area (Å²) in [5.74, 6) is 1.75. The Hall–Kier alpha value is -1.13. The van der Waals surface area contributed by atoms with Crippen molar-refractivity contribution in [3.8, 4) is 0 Å². The molecule has 1 heterocycles. The number of rotatable bonds is 5. The third kappa shape index (κ3) is 3.17. The zero-order chi connectivity index (χ0) is 12.1. The Morgan fingerprint density at radius 3 is 2.88 bits per heavy atom. The van der Waals surface area contributed by atoms with E-state index in [4.69, 9.17) is 4.74 Å². The number of aromatic nitrogens is 2. The first-order valence-electron chi connectivity index (χ1n) is 5.75. The van der Waals surface area contributed by atoms with Crippen molar-refractivity contribution in [3.63, 3.8) is 0 Å². The fourth-order valence-corrected chi connectivity index (χ4v) is 2.53. The second kappa shape index (κ2) is 5.98. The lowest BCUT2D eigenvalue weighted by molar-refractivity contribution is 0.164. The quantitative estimate of drug-likeness (QED) is 0.463. The number of nitrogens with zero attached hydrogens (tertiary/aromatic N) is 2. The van der Waals surface area contributed by atoms with Crippen molar-refractivity contribution in [2.24, 2.45) is 0 Å². The standard InChI is InChI=1S/C13H16N2OS/c1-3-16-8-9-17-13-11-6-4-5-7-12(11)14-10(2)15-13/h4-7H,3,8-9H2,1-2H3. The summed E-state index contributed by atoms with van der Waals surface area (Å²) in [6.07, 6.45) is 0. The summed E-state index contributed by atoms with van der Waals surface area (Å²) in [6.45, 7) is 5.47. The topological polar surface area (TPSA) is 35.0 Å². The van der Waals surface area contributed by atoms with Crippen molar-refractivity contribution >= 4 is 22.7 Å². The smallest absolute Gasteiger partial charge is 0.127 e. The lowest BCUT2D eigenvalue weighted by Crippen LogP contribution is -1.98. The maximum absolute atomic E-state index is 5.33. The molecule has 17 heavy (non-hydrogen) atoms. The average Bonchev–Trinajstić information content (AvgIpc) is 2.34. The molecule has 0 saturated carbocycles. The first-order chi connectivity index (χ1) is 8.31. The van der Waals surface area contributed by atoms with E-state index < -0.39 is 0 Å². The fourth-order valence-electron chi connectivity index (χ4n) is 1.61. The number of ether oxygens (including phenoxy) is 1. The van der Waals surface area contributed by atoms with Gasteiger partial charge in [-0.3, -0.25) is 0 Å². The molecule has 0 radical (unpaired) electrons. The van der Waals surface area contributed by atoms with Gasteiger partial charge in [0.1, 0.15) is 10.9 Å². The van der Waals surface area contributed by atoms with Crippen LogP contribution >= 0.6 is 11.8 Å². The average molecular weight is 248 g/mol. The molecular formula is C13H16N2OS. The van der Waals surface area contributed by atoms with Gasteiger partial charge in [0.05, 0.1) is 12.1 Å². The summed E-state index contributed by atoms with van der Waals surface area (Å²) in [4.78, 5) is 8.92. The summed E-state index contributed by atoms with van der Waals surface area (Å²) in [6, 6.07) is 8.12. The van der Waals surface area contributed by atoms with Gasteiger partial charge in [0.2, 0.25) is 0 Å². The minimum atomic E-state index is 0.762. The zero-order valence-corrected chi connectivity index (χ0v) is 11.0. The third-order valence-corrected chi connectivity index (χ3v) is 3.31. The Balaban J connectivity index is 2.20. The molecule has 0 unspecified atom stereocenters. The van der Waals surface area contributed by atoms with Crippen molar-refractivity contribution in [1.29, 1.82) is 0 Å². The second-order valence-electron chi connectivity index (χ2n) is 3.64. The largest absolute Gasteiger partial charge is 0.381 e. The molecular weight excluding hydrogens is 232 g/mol. The number of benzene rings is 1. The van der Waals surface area contributed by atoms with E-state index in [1.165, 1.54) is 0 Å². The molecule has 1 aromatic carbocycles. The number of para-hydroxylation sites is 1. The molecule has 3 nitrogen and oxygen atoms in total. The zero-order valence-electron chi connectivity index (χ0n) is 10.1. The van der Waals surface area contributed by atoms with Crippen LogP contribution in [0.15, 0.2) is 29.3 Å². The van der Waals surface area contributed by atoms with Crippen LogP contribution in [0.2, 0.25) is 0 Å². The van der Waals surface area contributed by atoms with Gasteiger partial charge in [-0.15, -0.1) is 11.8 Å². The molecule has 0 fully saturated rings. The molecule has 1 aromatic heterocycles. The van der Waals surface area contributed by atoms with Gasteiger partial charge in [-0.2, -0.15) is 0 Å². The van der Waals surface area contributed by atoms with E-state index in [0.717, 1.165) is 40.7 Å². The van der Waals surface area contributed by atoms with E-state index in [0.29, 0.717) is 0 Å². The van der Waals surface area contributed by atoms with Crippen molar-refractivity contribution < 1.29 is 4.74 Å². The van der Waals surface area contributed by atoms with Gasteiger partial charge in [-0.05, 0) is 19.9 Å². The summed E-state index contributed by atoms with van der Waals surface area (Å²) in [5.41, 5.74) is 1.01. The van der Waals surface area contributed by atoms with E-state index in [9.17, 15) is 0 Å². The van der Waals surface area contributed by atoms with Gasteiger partial charge < -0.3 is 4.74 Å². The summed E-state index contributed by atoms with van der Waals surface area (Å²) >= 11 is 1.73. The highest BCUT2D eigenvalue weighted by atomic mass is 32.2. The molecule has 0 spiro atoms. The van der Waals surface area contributed by atoms with Crippen LogP contribution in [0.5, 0.6) is 0 Å². The van der Waals surface area contributed by atoms with E-state index in [2.05, 4.69) is 16.0 Å². The summed E-state index contributed by atoms with van der Waals surface area (Å²) in [7, 11) is 0. The molecule has 0 aliphatic heterocycles. The van der Waals surface area contributed by atoms with Crippen LogP contribution in [0.1, 0.15) is 12.7 Å². The lowest BCUT2D eigenvalue weighted by Gasteiger charge is -2.06. The van der Waals surface area contributed by atoms with Crippen LogP contribution in [0.3, 0.4) is 0 Å². The third-order valence-electron chi connectivity index (χ3n) is 2.35. The molecule has 4 heteroatoms. The molecule has 90 valence electrons. The van der Waals surface area contributed by atoms with Crippen molar-refractivity contribution in [1.82, 2.24) is 9.97 Å². The van der Waals surface area contributed by atoms with Crippen molar-refractivity contribution in [3.05, 3.63) is 30.1 Å². The van der Waals surface area contributed by atoms with Crippen LogP contribution in [0, 0.1) is 6.92 Å². The highest BCUT2D eigenvalue weighted by Gasteiger charge is 2.05. The first-order valence-corrected chi connectivity index (χ1v) is 6.73. The predicted molar refractivity (Wildman–Crippen MR) is 71.5 cm³/mol.